The molecular formula is C14H13N. The molecule has 15 heavy (non-hydrogen) atoms. The highest BCUT2D eigenvalue weighted by molar-refractivity contribution is 5.61. The molecule has 1 nitrogen and oxygen atoms in total. The number of hydrogen-bond donors (Lipinski definition) is 0. The molecule has 74 valence electrons. The summed E-state index contributed by atoms with van der Waals surface area (Å²) in [6.45, 7) is 0. The Morgan fingerprint density at radius 2 is 1.87 bits per heavy atom. The van der Waals surface area contributed by atoms with Crippen LogP contribution in [0.25, 0.3) is 11.3 Å². The van der Waals surface area contributed by atoms with Crippen LogP contribution in [0.1, 0.15) is 17.5 Å². The van der Waals surface area contributed by atoms with E-state index in [0.29, 0.717) is 0 Å². The molecule has 0 N–H and O–H groups in total. The van der Waals surface area contributed by atoms with E-state index in [0.717, 1.165) is 5.69 Å². The molecule has 0 saturated carbocycles. The molecule has 0 radical (unpaired) electrons. The molecule has 1 aliphatic carbocycles. The maximum Gasteiger partial charge on any atom is 0.0702 e. The monoisotopic (exact) mass is 195 g/mol. The van der Waals surface area contributed by atoms with Gasteiger partial charge in [-0.25, -0.2) is 0 Å². The summed E-state index contributed by atoms with van der Waals surface area (Å²) in [5.41, 5.74) is 5.36. The molecule has 1 heteroatoms. The summed E-state index contributed by atoms with van der Waals surface area (Å²) < 4.78 is 0. The number of aryl methyl sites for hydroxylation is 2. The Labute approximate surface area is 89.8 Å². The molecule has 0 spiro atoms. The molecule has 1 aromatic carbocycles. The standard InChI is InChI=1S/C14H13N/c1-2-9-15-14(6-1)13-8-7-11-4-3-5-12(11)10-13/h1-2,6-10H,3-5H2. The second-order valence-electron chi connectivity index (χ2n) is 4.05. The van der Waals surface area contributed by atoms with Crippen molar-refractivity contribution in [1.82, 2.24) is 4.98 Å². The fourth-order valence-corrected chi connectivity index (χ4v) is 2.26. The van der Waals surface area contributed by atoms with Gasteiger partial charge in [-0.2, -0.15) is 0 Å². The Hall–Kier alpha value is -1.63. The summed E-state index contributed by atoms with van der Waals surface area (Å²) in [4.78, 5) is 4.37. The first-order valence-corrected chi connectivity index (χ1v) is 5.47. The minimum atomic E-state index is 1.08. The van der Waals surface area contributed by atoms with Crippen molar-refractivity contribution in [2.45, 2.75) is 19.3 Å². The fraction of sp³-hybridized carbons (Fsp3) is 0.214. The number of hydrogen-bond acceptors (Lipinski definition) is 1. The number of benzene rings is 1. The van der Waals surface area contributed by atoms with E-state index in [1.165, 1.54) is 36.0 Å². The van der Waals surface area contributed by atoms with E-state index in [9.17, 15) is 0 Å². The minimum Gasteiger partial charge on any atom is -0.256 e. The lowest BCUT2D eigenvalue weighted by molar-refractivity contribution is 0.912. The second kappa shape index (κ2) is 3.50. The predicted molar refractivity (Wildman–Crippen MR) is 61.7 cm³/mol. The smallest absolute Gasteiger partial charge is 0.0702 e. The van der Waals surface area contributed by atoms with E-state index in [-0.39, 0.29) is 0 Å². The number of rotatable bonds is 1. The number of aromatic nitrogens is 1. The van der Waals surface area contributed by atoms with Gasteiger partial charge in [-0.15, -0.1) is 0 Å². The quantitative estimate of drug-likeness (QED) is 0.680. The number of pyridine rings is 1. The maximum atomic E-state index is 4.37. The van der Waals surface area contributed by atoms with Crippen LogP contribution < -0.4 is 0 Å². The van der Waals surface area contributed by atoms with E-state index in [2.05, 4.69) is 29.2 Å². The minimum absolute atomic E-state index is 1.08. The van der Waals surface area contributed by atoms with Gasteiger partial charge < -0.3 is 0 Å². The molecule has 1 aromatic heterocycles. The third-order valence-corrected chi connectivity index (χ3v) is 3.06. The van der Waals surface area contributed by atoms with Crippen molar-refractivity contribution in [3.05, 3.63) is 53.7 Å². The van der Waals surface area contributed by atoms with E-state index in [1.54, 1.807) is 0 Å². The van der Waals surface area contributed by atoms with Gasteiger partial charge in [-0.1, -0.05) is 18.2 Å². The van der Waals surface area contributed by atoms with Gasteiger partial charge in [0.15, 0.2) is 0 Å². The van der Waals surface area contributed by atoms with Crippen LogP contribution in [0.2, 0.25) is 0 Å². The molecule has 1 aliphatic rings. The topological polar surface area (TPSA) is 12.9 Å². The Kier molecular flexibility index (Phi) is 2.02. The summed E-state index contributed by atoms with van der Waals surface area (Å²) in [7, 11) is 0. The Morgan fingerprint density at radius 1 is 0.933 bits per heavy atom. The molecule has 3 rings (SSSR count). The largest absolute Gasteiger partial charge is 0.256 e. The fourth-order valence-electron chi connectivity index (χ4n) is 2.26. The Balaban J connectivity index is 2.07. The predicted octanol–water partition coefficient (Wildman–Crippen LogP) is 3.24. The zero-order valence-corrected chi connectivity index (χ0v) is 8.61. The van der Waals surface area contributed by atoms with E-state index >= 15 is 0 Å². The van der Waals surface area contributed by atoms with Crippen molar-refractivity contribution in [2.24, 2.45) is 0 Å². The Bertz CT molecular complexity index is 474. The zero-order valence-electron chi connectivity index (χ0n) is 8.61. The van der Waals surface area contributed by atoms with Gasteiger partial charge in [-0.05, 0) is 48.6 Å². The highest BCUT2D eigenvalue weighted by Gasteiger charge is 2.11. The highest BCUT2D eigenvalue weighted by Crippen LogP contribution is 2.26. The molecule has 0 atom stereocenters. The summed E-state index contributed by atoms with van der Waals surface area (Å²) in [5.74, 6) is 0. The van der Waals surface area contributed by atoms with Gasteiger partial charge in [0.25, 0.3) is 0 Å². The first-order valence-electron chi connectivity index (χ1n) is 5.47. The molecule has 0 amide bonds. The van der Waals surface area contributed by atoms with Gasteiger partial charge in [-0.3, -0.25) is 4.98 Å². The molecule has 2 aromatic rings. The Morgan fingerprint density at radius 3 is 2.73 bits per heavy atom. The van der Waals surface area contributed by atoms with E-state index < -0.39 is 0 Å². The first-order chi connectivity index (χ1) is 7.43. The van der Waals surface area contributed by atoms with Crippen molar-refractivity contribution in [2.75, 3.05) is 0 Å². The zero-order chi connectivity index (χ0) is 10.1. The van der Waals surface area contributed by atoms with Crippen LogP contribution in [0.4, 0.5) is 0 Å². The molecule has 0 aliphatic heterocycles. The van der Waals surface area contributed by atoms with Gasteiger partial charge in [0.2, 0.25) is 0 Å². The first kappa shape index (κ1) is 8.66. The van der Waals surface area contributed by atoms with Crippen LogP contribution >= 0.6 is 0 Å². The van der Waals surface area contributed by atoms with E-state index in [4.69, 9.17) is 0 Å². The average Bonchev–Trinajstić information content (AvgIpc) is 2.77. The van der Waals surface area contributed by atoms with Crippen LogP contribution in [0.15, 0.2) is 42.6 Å². The summed E-state index contributed by atoms with van der Waals surface area (Å²) in [6.07, 6.45) is 5.64. The average molecular weight is 195 g/mol. The van der Waals surface area contributed by atoms with Crippen molar-refractivity contribution < 1.29 is 0 Å². The van der Waals surface area contributed by atoms with E-state index in [1.807, 2.05) is 18.3 Å². The number of nitrogens with zero attached hydrogens (tertiary/aromatic N) is 1. The van der Waals surface area contributed by atoms with Crippen LogP contribution in [0, 0.1) is 0 Å². The molecular weight excluding hydrogens is 182 g/mol. The molecule has 0 saturated heterocycles. The SMILES string of the molecule is c1ccc(-c2ccc3c(c2)CCC3)nc1. The van der Waals surface area contributed by atoms with Gasteiger partial charge in [0.05, 0.1) is 5.69 Å². The van der Waals surface area contributed by atoms with Gasteiger partial charge in [0, 0.05) is 11.8 Å². The molecule has 0 unspecified atom stereocenters. The van der Waals surface area contributed by atoms with Gasteiger partial charge in [0.1, 0.15) is 0 Å². The highest BCUT2D eigenvalue weighted by atomic mass is 14.7. The van der Waals surface area contributed by atoms with Crippen molar-refractivity contribution in [3.63, 3.8) is 0 Å². The lowest BCUT2D eigenvalue weighted by Gasteiger charge is -2.03. The van der Waals surface area contributed by atoms with Crippen LogP contribution in [-0.4, -0.2) is 4.98 Å². The molecule has 0 fully saturated rings. The second-order valence-corrected chi connectivity index (χ2v) is 4.05. The normalized spacial score (nSPS) is 13.9. The van der Waals surface area contributed by atoms with Crippen LogP contribution in [0.5, 0.6) is 0 Å². The van der Waals surface area contributed by atoms with Crippen molar-refractivity contribution in [1.29, 1.82) is 0 Å². The molecule has 1 heterocycles. The molecule has 0 bridgehead atoms. The summed E-state index contributed by atoms with van der Waals surface area (Å²) >= 11 is 0. The third kappa shape index (κ3) is 1.54. The lowest BCUT2D eigenvalue weighted by Crippen LogP contribution is -1.86. The van der Waals surface area contributed by atoms with Crippen molar-refractivity contribution in [3.8, 4) is 11.3 Å². The summed E-state index contributed by atoms with van der Waals surface area (Å²) in [5, 5.41) is 0. The summed E-state index contributed by atoms with van der Waals surface area (Å²) in [6, 6.07) is 12.8. The van der Waals surface area contributed by atoms with Crippen molar-refractivity contribution >= 4 is 0 Å². The van der Waals surface area contributed by atoms with Crippen LogP contribution in [0.3, 0.4) is 0 Å². The van der Waals surface area contributed by atoms with Crippen LogP contribution in [-0.2, 0) is 12.8 Å². The maximum absolute atomic E-state index is 4.37. The number of fused-ring (bicyclic) bond motifs is 1. The lowest BCUT2D eigenvalue weighted by atomic mass is 10.0. The van der Waals surface area contributed by atoms with Gasteiger partial charge >= 0.3 is 0 Å². The third-order valence-electron chi connectivity index (χ3n) is 3.06.